The van der Waals surface area contributed by atoms with Crippen LogP contribution in [0.3, 0.4) is 0 Å². The summed E-state index contributed by atoms with van der Waals surface area (Å²) in [6.07, 6.45) is 1.55. The molecule has 0 aromatic heterocycles. The van der Waals surface area contributed by atoms with E-state index in [0.29, 0.717) is 19.8 Å². The van der Waals surface area contributed by atoms with E-state index in [0.717, 1.165) is 24.2 Å². The molecular weight excluding hydrogens is 306 g/mol. The summed E-state index contributed by atoms with van der Waals surface area (Å²) in [4.78, 5) is 12.8. The Morgan fingerprint density at radius 2 is 1.92 bits per heavy atom. The first-order valence-corrected chi connectivity index (χ1v) is 8.61. The van der Waals surface area contributed by atoms with E-state index >= 15 is 0 Å². The van der Waals surface area contributed by atoms with Crippen molar-refractivity contribution in [1.82, 2.24) is 5.32 Å². The molecule has 1 saturated heterocycles. The number of ether oxygens (including phenoxy) is 2. The molecule has 1 aliphatic heterocycles. The van der Waals surface area contributed by atoms with Crippen molar-refractivity contribution in [2.45, 2.75) is 32.6 Å². The third kappa shape index (κ3) is 4.48. The minimum Gasteiger partial charge on any atom is -0.497 e. The van der Waals surface area contributed by atoms with Gasteiger partial charge in [-0.3, -0.25) is 4.79 Å². The fourth-order valence-corrected chi connectivity index (χ4v) is 3.23. The van der Waals surface area contributed by atoms with Crippen molar-refractivity contribution in [3.8, 4) is 5.75 Å². The third-order valence-corrected chi connectivity index (χ3v) is 4.95. The van der Waals surface area contributed by atoms with E-state index in [1.54, 1.807) is 7.11 Å². The van der Waals surface area contributed by atoms with Gasteiger partial charge in [0.25, 0.3) is 0 Å². The standard InChI is InChI=1S/C19H29NO4/c1-14(2)17(15-4-6-16(23-3)7-5-15)18(22)20-12-19(13-21)8-10-24-11-9-19/h4-7,14,17,21H,8-13H2,1-3H3,(H,20,22). The van der Waals surface area contributed by atoms with Gasteiger partial charge < -0.3 is 19.9 Å². The summed E-state index contributed by atoms with van der Waals surface area (Å²) in [6.45, 7) is 5.94. The summed E-state index contributed by atoms with van der Waals surface area (Å²) in [5.74, 6) is 0.752. The number of hydrogen-bond acceptors (Lipinski definition) is 4. The minimum atomic E-state index is -0.255. The first kappa shape index (κ1) is 18.7. The zero-order valence-corrected chi connectivity index (χ0v) is 14.9. The molecular formula is C19H29NO4. The van der Waals surface area contributed by atoms with E-state index in [2.05, 4.69) is 5.32 Å². The summed E-state index contributed by atoms with van der Waals surface area (Å²) in [5.41, 5.74) is 0.725. The number of carbonyl (C=O) groups excluding carboxylic acids is 1. The van der Waals surface area contributed by atoms with Crippen LogP contribution in [0.2, 0.25) is 0 Å². The molecule has 1 fully saturated rings. The molecule has 2 rings (SSSR count). The lowest BCUT2D eigenvalue weighted by Gasteiger charge is -2.36. The van der Waals surface area contributed by atoms with Crippen LogP contribution in [0.1, 0.15) is 38.2 Å². The van der Waals surface area contributed by atoms with Crippen LogP contribution in [-0.4, -0.2) is 44.5 Å². The van der Waals surface area contributed by atoms with Crippen LogP contribution < -0.4 is 10.1 Å². The van der Waals surface area contributed by atoms with Gasteiger partial charge in [0.2, 0.25) is 5.91 Å². The molecule has 1 aromatic carbocycles. The lowest BCUT2D eigenvalue weighted by Crippen LogP contribution is -2.45. The molecule has 1 aromatic rings. The molecule has 5 heteroatoms. The van der Waals surface area contributed by atoms with Crippen molar-refractivity contribution in [2.24, 2.45) is 11.3 Å². The average Bonchev–Trinajstić information content (AvgIpc) is 2.61. The second-order valence-electron chi connectivity index (χ2n) is 6.98. The van der Waals surface area contributed by atoms with Gasteiger partial charge in [-0.15, -0.1) is 0 Å². The second kappa shape index (κ2) is 8.49. The van der Waals surface area contributed by atoms with Crippen LogP contribution in [0, 0.1) is 11.3 Å². The number of rotatable bonds is 7. The first-order chi connectivity index (χ1) is 11.5. The highest BCUT2D eigenvalue weighted by Crippen LogP contribution is 2.30. The van der Waals surface area contributed by atoms with E-state index in [1.807, 2.05) is 38.1 Å². The highest BCUT2D eigenvalue weighted by molar-refractivity contribution is 5.84. The summed E-state index contributed by atoms with van der Waals surface area (Å²) < 4.78 is 10.6. The Balaban J connectivity index is 2.05. The van der Waals surface area contributed by atoms with Crippen molar-refractivity contribution in [2.75, 3.05) is 33.5 Å². The zero-order chi connectivity index (χ0) is 17.6. The molecule has 2 N–H and O–H groups in total. The fourth-order valence-electron chi connectivity index (χ4n) is 3.23. The van der Waals surface area contributed by atoms with Crippen LogP contribution in [-0.2, 0) is 9.53 Å². The molecule has 1 amide bonds. The van der Waals surface area contributed by atoms with E-state index in [1.165, 1.54) is 0 Å². The van der Waals surface area contributed by atoms with Crippen LogP contribution in [0.25, 0.3) is 0 Å². The molecule has 134 valence electrons. The Labute approximate surface area is 144 Å². The number of hydrogen-bond donors (Lipinski definition) is 2. The van der Waals surface area contributed by atoms with Crippen molar-refractivity contribution in [3.05, 3.63) is 29.8 Å². The Morgan fingerprint density at radius 3 is 2.42 bits per heavy atom. The highest BCUT2D eigenvalue weighted by atomic mass is 16.5. The quantitative estimate of drug-likeness (QED) is 0.802. The Hall–Kier alpha value is -1.59. The van der Waals surface area contributed by atoms with Gasteiger partial charge in [-0.25, -0.2) is 0 Å². The molecule has 1 unspecified atom stereocenters. The Morgan fingerprint density at radius 1 is 1.29 bits per heavy atom. The maximum Gasteiger partial charge on any atom is 0.227 e. The maximum atomic E-state index is 12.8. The predicted octanol–water partition coefficient (Wildman–Crippen LogP) is 2.34. The lowest BCUT2D eigenvalue weighted by atomic mass is 9.80. The molecule has 0 spiro atoms. The van der Waals surface area contributed by atoms with Gasteiger partial charge >= 0.3 is 0 Å². The summed E-state index contributed by atoms with van der Waals surface area (Å²) in [5, 5.41) is 12.8. The number of methoxy groups -OCH3 is 1. The molecule has 1 atom stereocenters. The van der Waals surface area contributed by atoms with E-state index in [9.17, 15) is 9.90 Å². The van der Waals surface area contributed by atoms with Crippen molar-refractivity contribution in [1.29, 1.82) is 0 Å². The van der Waals surface area contributed by atoms with Gasteiger partial charge in [0.05, 0.1) is 19.6 Å². The van der Waals surface area contributed by atoms with E-state index in [4.69, 9.17) is 9.47 Å². The number of aliphatic hydroxyl groups excluding tert-OH is 1. The van der Waals surface area contributed by atoms with Crippen LogP contribution >= 0.6 is 0 Å². The number of amides is 1. The monoisotopic (exact) mass is 335 g/mol. The van der Waals surface area contributed by atoms with Gasteiger partial charge in [0.15, 0.2) is 0 Å². The molecule has 0 aliphatic carbocycles. The summed E-state index contributed by atoms with van der Waals surface area (Å²) in [6, 6.07) is 7.65. The van der Waals surface area contributed by atoms with Crippen molar-refractivity contribution in [3.63, 3.8) is 0 Å². The number of aliphatic hydroxyl groups is 1. The van der Waals surface area contributed by atoms with E-state index < -0.39 is 0 Å². The highest BCUT2D eigenvalue weighted by Gasteiger charge is 2.33. The predicted molar refractivity (Wildman–Crippen MR) is 93.2 cm³/mol. The largest absolute Gasteiger partial charge is 0.497 e. The SMILES string of the molecule is COc1ccc(C(C(=O)NCC2(CO)CCOCC2)C(C)C)cc1. The van der Waals surface area contributed by atoms with Crippen molar-refractivity contribution >= 4 is 5.91 Å². The molecule has 0 saturated carbocycles. The van der Waals surface area contributed by atoms with Gasteiger partial charge in [0.1, 0.15) is 5.75 Å². The summed E-state index contributed by atoms with van der Waals surface area (Å²) in [7, 11) is 1.63. The molecule has 0 bridgehead atoms. The molecule has 1 heterocycles. The lowest BCUT2D eigenvalue weighted by molar-refractivity contribution is -0.124. The van der Waals surface area contributed by atoms with Crippen LogP contribution in [0.15, 0.2) is 24.3 Å². The zero-order valence-electron chi connectivity index (χ0n) is 14.9. The molecule has 1 aliphatic rings. The number of benzene rings is 1. The van der Waals surface area contributed by atoms with Gasteiger partial charge in [0, 0.05) is 25.2 Å². The molecule has 0 radical (unpaired) electrons. The number of carbonyl (C=O) groups is 1. The summed E-state index contributed by atoms with van der Waals surface area (Å²) >= 11 is 0. The van der Waals surface area contributed by atoms with Crippen LogP contribution in [0.5, 0.6) is 5.75 Å². The number of nitrogens with one attached hydrogen (secondary N) is 1. The smallest absolute Gasteiger partial charge is 0.227 e. The van der Waals surface area contributed by atoms with Gasteiger partial charge in [-0.05, 0) is 36.5 Å². The fraction of sp³-hybridized carbons (Fsp3) is 0.632. The van der Waals surface area contributed by atoms with Crippen LogP contribution in [0.4, 0.5) is 0 Å². The third-order valence-electron chi connectivity index (χ3n) is 4.95. The minimum absolute atomic E-state index is 0.00878. The topological polar surface area (TPSA) is 67.8 Å². The van der Waals surface area contributed by atoms with Crippen molar-refractivity contribution < 1.29 is 19.4 Å². The Bertz CT molecular complexity index is 521. The average molecular weight is 335 g/mol. The molecule has 5 nitrogen and oxygen atoms in total. The Kier molecular flexibility index (Phi) is 6.63. The normalized spacial score (nSPS) is 18.2. The first-order valence-electron chi connectivity index (χ1n) is 8.61. The van der Waals surface area contributed by atoms with Gasteiger partial charge in [-0.1, -0.05) is 26.0 Å². The van der Waals surface area contributed by atoms with Gasteiger partial charge in [-0.2, -0.15) is 0 Å². The maximum absolute atomic E-state index is 12.8. The second-order valence-corrected chi connectivity index (χ2v) is 6.98. The van der Waals surface area contributed by atoms with E-state index in [-0.39, 0.29) is 29.8 Å². The molecule has 24 heavy (non-hydrogen) atoms.